The minimum absolute atomic E-state index is 0.0927. The van der Waals surface area contributed by atoms with Crippen molar-refractivity contribution < 1.29 is 5.11 Å². The summed E-state index contributed by atoms with van der Waals surface area (Å²) in [5, 5.41) is 10.9. The number of nitrogens with zero attached hydrogens (tertiary/aromatic N) is 1. The molecule has 1 aliphatic heterocycles. The van der Waals surface area contributed by atoms with Gasteiger partial charge in [0.2, 0.25) is 0 Å². The standard InChI is InChI=1S/C17H27NO/c1-5-17(19)11-12-18(4)15(16(17,2)3)13-14-9-7-6-8-10-14/h6-10,15,19H,5,11-13H2,1-4H3. The molecule has 2 atom stereocenters. The molecule has 1 aliphatic rings. The fourth-order valence-electron chi connectivity index (χ4n) is 3.58. The van der Waals surface area contributed by atoms with Gasteiger partial charge in [-0.15, -0.1) is 0 Å². The average Bonchev–Trinajstić information content (AvgIpc) is 2.41. The van der Waals surface area contributed by atoms with Gasteiger partial charge in [0, 0.05) is 18.0 Å². The van der Waals surface area contributed by atoms with E-state index >= 15 is 0 Å². The highest BCUT2D eigenvalue weighted by Crippen LogP contribution is 2.45. The molecular weight excluding hydrogens is 234 g/mol. The van der Waals surface area contributed by atoms with Gasteiger partial charge in [-0.2, -0.15) is 0 Å². The zero-order valence-corrected chi connectivity index (χ0v) is 12.7. The fourth-order valence-corrected chi connectivity index (χ4v) is 3.58. The van der Waals surface area contributed by atoms with E-state index in [9.17, 15) is 5.11 Å². The van der Waals surface area contributed by atoms with Crippen LogP contribution in [0.25, 0.3) is 0 Å². The van der Waals surface area contributed by atoms with E-state index in [1.54, 1.807) is 0 Å². The summed E-state index contributed by atoms with van der Waals surface area (Å²) in [6.07, 6.45) is 2.71. The summed E-state index contributed by atoms with van der Waals surface area (Å²) in [5.74, 6) is 0. The molecule has 2 nitrogen and oxygen atoms in total. The Kier molecular flexibility index (Phi) is 4.03. The number of hydrogen-bond donors (Lipinski definition) is 1. The van der Waals surface area contributed by atoms with Crippen molar-refractivity contribution in [3.8, 4) is 0 Å². The van der Waals surface area contributed by atoms with Crippen molar-refractivity contribution in [2.24, 2.45) is 5.41 Å². The molecule has 0 bridgehead atoms. The molecule has 1 aromatic carbocycles. The number of likely N-dealkylation sites (N-methyl/N-ethyl adjacent to an activating group) is 1. The second kappa shape index (κ2) is 5.26. The van der Waals surface area contributed by atoms with Crippen LogP contribution < -0.4 is 0 Å². The molecule has 1 fully saturated rings. The molecule has 2 rings (SSSR count). The van der Waals surface area contributed by atoms with Crippen molar-refractivity contribution in [3.05, 3.63) is 35.9 Å². The molecular formula is C17H27NO. The number of aliphatic hydroxyl groups is 1. The van der Waals surface area contributed by atoms with E-state index in [1.165, 1.54) is 5.56 Å². The first-order chi connectivity index (χ1) is 8.90. The minimum Gasteiger partial charge on any atom is -0.389 e. The number of likely N-dealkylation sites (tertiary alicyclic amines) is 1. The average molecular weight is 261 g/mol. The minimum atomic E-state index is -0.543. The molecule has 0 saturated carbocycles. The van der Waals surface area contributed by atoms with Crippen LogP contribution in [0.5, 0.6) is 0 Å². The van der Waals surface area contributed by atoms with E-state index in [0.717, 1.165) is 25.8 Å². The predicted molar refractivity (Wildman–Crippen MR) is 80.2 cm³/mol. The summed E-state index contributed by atoms with van der Waals surface area (Å²) in [6, 6.07) is 11.0. The van der Waals surface area contributed by atoms with Gasteiger partial charge in [-0.25, -0.2) is 0 Å². The smallest absolute Gasteiger partial charge is 0.0723 e. The quantitative estimate of drug-likeness (QED) is 0.904. The lowest BCUT2D eigenvalue weighted by Gasteiger charge is -2.55. The van der Waals surface area contributed by atoms with Crippen LogP contribution in [0.15, 0.2) is 30.3 Å². The zero-order chi connectivity index (χ0) is 14.1. The summed E-state index contributed by atoms with van der Waals surface area (Å²) in [7, 11) is 2.19. The van der Waals surface area contributed by atoms with Crippen molar-refractivity contribution in [2.45, 2.75) is 51.7 Å². The molecule has 106 valence electrons. The van der Waals surface area contributed by atoms with Gasteiger partial charge in [0.25, 0.3) is 0 Å². The largest absolute Gasteiger partial charge is 0.389 e. The van der Waals surface area contributed by atoms with Crippen LogP contribution >= 0.6 is 0 Å². The van der Waals surface area contributed by atoms with E-state index < -0.39 is 5.60 Å². The monoisotopic (exact) mass is 261 g/mol. The molecule has 1 saturated heterocycles. The van der Waals surface area contributed by atoms with Crippen LogP contribution in [0.3, 0.4) is 0 Å². The molecule has 2 heteroatoms. The summed E-state index contributed by atoms with van der Waals surface area (Å²) >= 11 is 0. The van der Waals surface area contributed by atoms with Crippen LogP contribution in [0.2, 0.25) is 0 Å². The maximum absolute atomic E-state index is 10.9. The molecule has 0 aromatic heterocycles. The third kappa shape index (κ3) is 2.56. The lowest BCUT2D eigenvalue weighted by atomic mass is 9.63. The van der Waals surface area contributed by atoms with Gasteiger partial charge >= 0.3 is 0 Å². The van der Waals surface area contributed by atoms with Gasteiger partial charge in [0.05, 0.1) is 5.60 Å². The second-order valence-electron chi connectivity index (χ2n) is 6.54. The van der Waals surface area contributed by atoms with E-state index in [1.807, 2.05) is 0 Å². The third-order valence-electron chi connectivity index (χ3n) is 5.30. The number of rotatable bonds is 3. The molecule has 1 aromatic rings. The third-order valence-corrected chi connectivity index (χ3v) is 5.30. The number of hydrogen-bond acceptors (Lipinski definition) is 2. The normalized spacial score (nSPS) is 31.3. The first-order valence-corrected chi connectivity index (χ1v) is 7.37. The lowest BCUT2D eigenvalue weighted by Crippen LogP contribution is -2.62. The molecule has 0 spiro atoms. The van der Waals surface area contributed by atoms with Crippen molar-refractivity contribution in [1.29, 1.82) is 0 Å². The highest BCUT2D eigenvalue weighted by molar-refractivity contribution is 5.18. The molecule has 1 heterocycles. The molecule has 0 radical (unpaired) electrons. The topological polar surface area (TPSA) is 23.5 Å². The molecule has 19 heavy (non-hydrogen) atoms. The van der Waals surface area contributed by atoms with Gasteiger partial charge < -0.3 is 10.0 Å². The van der Waals surface area contributed by atoms with Crippen LogP contribution in [0, 0.1) is 5.41 Å². The van der Waals surface area contributed by atoms with Gasteiger partial charge in [0.15, 0.2) is 0 Å². The van der Waals surface area contributed by atoms with Crippen LogP contribution in [0.1, 0.15) is 39.2 Å². The SMILES string of the molecule is CCC1(O)CCN(C)C(Cc2ccccc2)C1(C)C. The summed E-state index contributed by atoms with van der Waals surface area (Å²) in [4.78, 5) is 2.41. The first kappa shape index (κ1) is 14.5. The van der Waals surface area contributed by atoms with Crippen LogP contribution in [0.4, 0.5) is 0 Å². The van der Waals surface area contributed by atoms with E-state index in [2.05, 4.69) is 63.1 Å². The maximum Gasteiger partial charge on any atom is 0.0723 e. The Morgan fingerprint density at radius 3 is 2.47 bits per heavy atom. The van der Waals surface area contributed by atoms with Crippen molar-refractivity contribution >= 4 is 0 Å². The summed E-state index contributed by atoms with van der Waals surface area (Å²) < 4.78 is 0. The molecule has 0 aliphatic carbocycles. The van der Waals surface area contributed by atoms with Crippen LogP contribution in [-0.4, -0.2) is 35.2 Å². The van der Waals surface area contributed by atoms with Gasteiger partial charge in [-0.3, -0.25) is 0 Å². The Balaban J connectivity index is 2.26. The number of benzene rings is 1. The van der Waals surface area contributed by atoms with E-state index in [0.29, 0.717) is 6.04 Å². The highest BCUT2D eigenvalue weighted by Gasteiger charge is 2.51. The Labute approximate surface area is 117 Å². The fraction of sp³-hybridized carbons (Fsp3) is 0.647. The Morgan fingerprint density at radius 2 is 1.89 bits per heavy atom. The molecule has 1 N–H and O–H groups in total. The van der Waals surface area contributed by atoms with Gasteiger partial charge in [-0.05, 0) is 31.9 Å². The Bertz CT molecular complexity index is 415. The van der Waals surface area contributed by atoms with Crippen molar-refractivity contribution in [1.82, 2.24) is 4.90 Å². The van der Waals surface area contributed by atoms with Crippen LogP contribution in [-0.2, 0) is 6.42 Å². The highest BCUT2D eigenvalue weighted by atomic mass is 16.3. The van der Waals surface area contributed by atoms with Crippen molar-refractivity contribution in [2.75, 3.05) is 13.6 Å². The van der Waals surface area contributed by atoms with E-state index in [-0.39, 0.29) is 5.41 Å². The second-order valence-corrected chi connectivity index (χ2v) is 6.54. The van der Waals surface area contributed by atoms with Crippen molar-refractivity contribution in [3.63, 3.8) is 0 Å². The Morgan fingerprint density at radius 1 is 1.26 bits per heavy atom. The maximum atomic E-state index is 10.9. The van der Waals surface area contributed by atoms with Gasteiger partial charge in [0.1, 0.15) is 0 Å². The lowest BCUT2D eigenvalue weighted by molar-refractivity contribution is -0.145. The Hall–Kier alpha value is -0.860. The predicted octanol–water partition coefficient (Wildman–Crippen LogP) is 3.10. The number of piperidine rings is 1. The van der Waals surface area contributed by atoms with Gasteiger partial charge in [-0.1, -0.05) is 51.1 Å². The summed E-state index contributed by atoms with van der Waals surface area (Å²) in [5.41, 5.74) is 0.719. The summed E-state index contributed by atoms with van der Waals surface area (Å²) in [6.45, 7) is 7.53. The molecule has 0 amide bonds. The molecule has 2 unspecified atom stereocenters. The van der Waals surface area contributed by atoms with E-state index in [4.69, 9.17) is 0 Å². The zero-order valence-electron chi connectivity index (χ0n) is 12.7. The first-order valence-electron chi connectivity index (χ1n) is 7.37.